The van der Waals surface area contributed by atoms with Crippen molar-refractivity contribution in [1.29, 1.82) is 0 Å². The van der Waals surface area contributed by atoms with Gasteiger partial charge in [0.25, 0.3) is 0 Å². The maximum Gasteiger partial charge on any atom is 0.214 e. The molecule has 0 fully saturated rings. The van der Waals surface area contributed by atoms with Gasteiger partial charge in [0.1, 0.15) is 0 Å². The summed E-state index contributed by atoms with van der Waals surface area (Å²) in [7, 11) is -3.40. The van der Waals surface area contributed by atoms with E-state index >= 15 is 0 Å². The van der Waals surface area contributed by atoms with Crippen LogP contribution in [0.25, 0.3) is 0 Å². The highest BCUT2D eigenvalue weighted by Gasteiger charge is 2.15. The van der Waals surface area contributed by atoms with Crippen LogP contribution in [0.5, 0.6) is 0 Å². The molecule has 14 heavy (non-hydrogen) atoms. The Balaban J connectivity index is 2.61. The normalized spacial score (nSPS) is 14.1. The Labute approximate surface area is 82.4 Å². The Morgan fingerprint density at radius 3 is 2.93 bits per heavy atom. The molecule has 0 aliphatic heterocycles. The summed E-state index contributed by atoms with van der Waals surface area (Å²) in [6.45, 7) is 1.33. The third-order valence-electron chi connectivity index (χ3n) is 1.74. The van der Waals surface area contributed by atoms with Gasteiger partial charge < -0.3 is 5.11 Å². The van der Waals surface area contributed by atoms with E-state index in [0.29, 0.717) is 0 Å². The van der Waals surface area contributed by atoms with Gasteiger partial charge in [0, 0.05) is 17.8 Å². The minimum Gasteiger partial charge on any atom is -0.395 e. The molecule has 7 heteroatoms. The van der Waals surface area contributed by atoms with Crippen LogP contribution in [-0.2, 0) is 10.0 Å². The molecule has 1 atom stereocenters. The first-order valence-corrected chi connectivity index (χ1v) is 5.80. The molecule has 0 aliphatic rings. The highest BCUT2D eigenvalue weighted by atomic mass is 32.2. The van der Waals surface area contributed by atoms with Crippen LogP contribution in [0.3, 0.4) is 0 Å². The van der Waals surface area contributed by atoms with Gasteiger partial charge in [0.05, 0.1) is 18.6 Å². The van der Waals surface area contributed by atoms with E-state index in [1.807, 2.05) is 0 Å². The van der Waals surface area contributed by atoms with E-state index in [4.69, 9.17) is 5.11 Å². The van der Waals surface area contributed by atoms with Gasteiger partial charge in [-0.1, -0.05) is 0 Å². The van der Waals surface area contributed by atoms with Crippen LogP contribution in [0.4, 0.5) is 0 Å². The quantitative estimate of drug-likeness (QED) is 0.615. The van der Waals surface area contributed by atoms with Crippen LogP contribution in [0, 0.1) is 0 Å². The van der Waals surface area contributed by atoms with Crippen LogP contribution in [0.1, 0.15) is 18.5 Å². The summed E-state index contributed by atoms with van der Waals surface area (Å²) in [5.41, 5.74) is 0.756. The Bertz CT molecular complexity index is 360. The number of aliphatic hydroxyl groups is 1. The molecule has 3 N–H and O–H groups in total. The van der Waals surface area contributed by atoms with Crippen molar-refractivity contribution in [2.24, 2.45) is 0 Å². The molecule has 0 saturated heterocycles. The van der Waals surface area contributed by atoms with E-state index in [0.717, 1.165) is 5.56 Å². The number of nitrogens with zero attached hydrogens (tertiary/aromatic N) is 1. The number of aliphatic hydroxyl groups excluding tert-OH is 1. The molecule has 0 radical (unpaired) electrons. The summed E-state index contributed by atoms with van der Waals surface area (Å²) in [6.07, 6.45) is 3.16. The predicted molar refractivity (Wildman–Crippen MR) is 51.0 cm³/mol. The summed E-state index contributed by atoms with van der Waals surface area (Å²) < 4.78 is 24.9. The van der Waals surface area contributed by atoms with Gasteiger partial charge in [-0.2, -0.15) is 5.10 Å². The first-order chi connectivity index (χ1) is 6.55. The fourth-order valence-electron chi connectivity index (χ4n) is 1.01. The molecule has 1 aromatic heterocycles. The second-order valence-electron chi connectivity index (χ2n) is 2.91. The van der Waals surface area contributed by atoms with Crippen molar-refractivity contribution in [3.8, 4) is 0 Å². The van der Waals surface area contributed by atoms with Crippen LogP contribution in [0.15, 0.2) is 12.4 Å². The topological polar surface area (TPSA) is 95.1 Å². The number of hydrogen-bond donors (Lipinski definition) is 3. The first kappa shape index (κ1) is 11.2. The molecular formula is C7H13N3O3S. The molecule has 0 saturated carbocycles. The van der Waals surface area contributed by atoms with Gasteiger partial charge in [0.2, 0.25) is 10.0 Å². The summed E-state index contributed by atoms with van der Waals surface area (Å²) in [4.78, 5) is 0. The van der Waals surface area contributed by atoms with E-state index in [2.05, 4.69) is 14.9 Å². The predicted octanol–water partition coefficient (Wildman–Crippen LogP) is -0.618. The van der Waals surface area contributed by atoms with Crippen molar-refractivity contribution in [3.05, 3.63) is 18.0 Å². The van der Waals surface area contributed by atoms with Gasteiger partial charge in [0.15, 0.2) is 0 Å². The van der Waals surface area contributed by atoms with E-state index in [1.165, 1.54) is 0 Å². The second kappa shape index (κ2) is 4.54. The van der Waals surface area contributed by atoms with Crippen molar-refractivity contribution in [1.82, 2.24) is 14.9 Å². The Hall–Kier alpha value is -0.920. The maximum atomic E-state index is 11.2. The van der Waals surface area contributed by atoms with Gasteiger partial charge in [-0.25, -0.2) is 13.1 Å². The van der Waals surface area contributed by atoms with Crippen LogP contribution >= 0.6 is 0 Å². The number of aromatic nitrogens is 2. The fraction of sp³-hybridized carbons (Fsp3) is 0.571. The lowest BCUT2D eigenvalue weighted by Crippen LogP contribution is -2.30. The largest absolute Gasteiger partial charge is 0.395 e. The average molecular weight is 219 g/mol. The molecule has 1 rings (SSSR count). The smallest absolute Gasteiger partial charge is 0.214 e. The number of H-pyrrole nitrogens is 1. The monoisotopic (exact) mass is 219 g/mol. The third kappa shape index (κ3) is 3.09. The number of rotatable bonds is 5. The van der Waals surface area contributed by atoms with Crippen molar-refractivity contribution in [2.75, 3.05) is 12.4 Å². The lowest BCUT2D eigenvalue weighted by molar-refractivity contribution is 0.319. The number of aromatic amines is 1. The van der Waals surface area contributed by atoms with Crippen molar-refractivity contribution in [3.63, 3.8) is 0 Å². The Morgan fingerprint density at radius 1 is 1.71 bits per heavy atom. The van der Waals surface area contributed by atoms with Crippen LogP contribution < -0.4 is 4.72 Å². The Morgan fingerprint density at radius 2 is 2.43 bits per heavy atom. The van der Waals surface area contributed by atoms with E-state index in [1.54, 1.807) is 19.3 Å². The molecule has 1 aromatic rings. The molecule has 0 aromatic carbocycles. The second-order valence-corrected chi connectivity index (χ2v) is 4.79. The molecule has 1 heterocycles. The number of nitrogens with one attached hydrogen (secondary N) is 2. The van der Waals surface area contributed by atoms with E-state index < -0.39 is 10.0 Å². The Kier molecular flexibility index (Phi) is 3.62. The zero-order valence-corrected chi connectivity index (χ0v) is 8.58. The first-order valence-electron chi connectivity index (χ1n) is 4.14. The van der Waals surface area contributed by atoms with E-state index in [-0.39, 0.29) is 18.4 Å². The molecule has 0 bridgehead atoms. The molecule has 0 spiro atoms. The van der Waals surface area contributed by atoms with Gasteiger partial charge in [-0.3, -0.25) is 5.10 Å². The molecule has 0 amide bonds. The molecule has 0 aliphatic carbocycles. The van der Waals surface area contributed by atoms with Crippen molar-refractivity contribution >= 4 is 10.0 Å². The number of sulfonamides is 1. The highest BCUT2D eigenvalue weighted by molar-refractivity contribution is 7.89. The highest BCUT2D eigenvalue weighted by Crippen LogP contribution is 2.10. The molecular weight excluding hydrogens is 206 g/mol. The lowest BCUT2D eigenvalue weighted by atomic mass is 10.2. The maximum absolute atomic E-state index is 11.2. The van der Waals surface area contributed by atoms with Crippen molar-refractivity contribution < 1.29 is 13.5 Å². The van der Waals surface area contributed by atoms with Gasteiger partial charge >= 0.3 is 0 Å². The minimum atomic E-state index is -3.40. The SMILES string of the molecule is CC(NS(=O)(=O)CCO)c1cn[nH]c1. The van der Waals surface area contributed by atoms with Gasteiger partial charge in [-0.15, -0.1) is 0 Å². The van der Waals surface area contributed by atoms with Gasteiger partial charge in [-0.05, 0) is 6.92 Å². The molecule has 80 valence electrons. The summed E-state index contributed by atoms with van der Waals surface area (Å²) in [5.74, 6) is -0.283. The number of hydrogen-bond acceptors (Lipinski definition) is 4. The summed E-state index contributed by atoms with van der Waals surface area (Å²) >= 11 is 0. The van der Waals surface area contributed by atoms with Crippen LogP contribution in [0.2, 0.25) is 0 Å². The standard InChI is InChI=1S/C7H13N3O3S/c1-6(7-4-8-9-5-7)10-14(12,13)3-2-11/h4-6,10-11H,2-3H2,1H3,(H,8,9). The van der Waals surface area contributed by atoms with Crippen LogP contribution in [-0.4, -0.2) is 36.1 Å². The molecule has 1 unspecified atom stereocenters. The summed E-state index contributed by atoms with van der Waals surface area (Å²) in [6, 6.07) is -0.342. The average Bonchev–Trinajstić information content (AvgIpc) is 2.53. The van der Waals surface area contributed by atoms with Crippen molar-refractivity contribution in [2.45, 2.75) is 13.0 Å². The summed E-state index contributed by atoms with van der Waals surface area (Å²) in [5, 5.41) is 14.8. The zero-order chi connectivity index (χ0) is 10.6. The molecule has 6 nitrogen and oxygen atoms in total. The minimum absolute atomic E-state index is 0.283. The van der Waals surface area contributed by atoms with E-state index in [9.17, 15) is 8.42 Å². The fourth-order valence-corrected chi connectivity index (χ4v) is 2.05. The third-order valence-corrected chi connectivity index (χ3v) is 3.17. The zero-order valence-electron chi connectivity index (χ0n) is 7.77. The lowest BCUT2D eigenvalue weighted by Gasteiger charge is -2.11.